The predicted octanol–water partition coefficient (Wildman–Crippen LogP) is 13.1. The first kappa shape index (κ1) is 60.9. The molecule has 0 atom stereocenters. The van der Waals surface area contributed by atoms with Crippen LogP contribution in [0, 0.1) is 0 Å². The SMILES string of the molecule is O=C1c2ccccc2C(=O)N1Cc1cnnn1Cc1cc(C(F)(F)C(F)(F)C(F)(F)C(F)(F)C(F)(F)C(F)(F)C(F)(F)C(F)(F)F)cc(C(F)(F)C(F)(F)C(F)(F)C(F)(F)C(F)(F)C(F)(F)C(F)(F)C(F)(F)F)c1. The molecule has 4 rings (SSSR count). The van der Waals surface area contributed by atoms with E-state index in [1.54, 1.807) is 0 Å². The monoisotopic (exact) mass is 1150 g/mol. The number of fused-ring (bicyclic) bond motifs is 1. The molecule has 2 heterocycles. The Hall–Kier alpha value is -5.66. The first-order chi connectivity index (χ1) is 32.4. The van der Waals surface area contributed by atoms with Crippen molar-refractivity contribution in [2.24, 2.45) is 0 Å². The number of halogens is 34. The third-order valence-corrected chi connectivity index (χ3v) is 10.4. The third kappa shape index (κ3) is 7.90. The molecule has 0 spiro atoms. The molecule has 2 amide bonds. The van der Waals surface area contributed by atoms with Crippen LogP contribution in [0.1, 0.15) is 43.1 Å². The van der Waals surface area contributed by atoms with Crippen LogP contribution in [0.15, 0.2) is 48.7 Å². The van der Waals surface area contributed by atoms with E-state index in [4.69, 9.17) is 0 Å². The van der Waals surface area contributed by atoms with E-state index in [0.29, 0.717) is 6.20 Å². The van der Waals surface area contributed by atoms with Gasteiger partial charge in [-0.15, -0.1) is 5.10 Å². The van der Waals surface area contributed by atoms with Gasteiger partial charge in [-0.05, 0) is 35.9 Å². The summed E-state index contributed by atoms with van der Waals surface area (Å²) in [7, 11) is 0. The van der Waals surface area contributed by atoms with E-state index in [0.717, 1.165) is 24.3 Å². The summed E-state index contributed by atoms with van der Waals surface area (Å²) in [6, 6.07) is -0.718. The Kier molecular flexibility index (Phi) is 13.9. The van der Waals surface area contributed by atoms with E-state index in [9.17, 15) is 124 Å². The maximum Gasteiger partial charge on any atom is 0.460 e. The van der Waals surface area contributed by atoms with Crippen LogP contribution in [0.2, 0.25) is 0 Å². The molecule has 2 aromatic carbocycles. The molecule has 6 nitrogen and oxygen atoms in total. The smallest absolute Gasteiger partial charge is 0.269 e. The van der Waals surface area contributed by atoms with Crippen molar-refractivity contribution < 1.29 is 159 Å². The average molecular weight is 1150 g/mol. The summed E-state index contributed by atoms with van der Waals surface area (Å²) in [5, 5.41) is 5.97. The van der Waals surface area contributed by atoms with Crippen LogP contribution in [0.25, 0.3) is 0 Å². The maximum absolute atomic E-state index is 15.6. The van der Waals surface area contributed by atoms with Gasteiger partial charge >= 0.3 is 95.3 Å². The lowest BCUT2D eigenvalue weighted by Crippen LogP contribution is -2.74. The van der Waals surface area contributed by atoms with Crippen molar-refractivity contribution in [1.82, 2.24) is 19.9 Å². The molecule has 1 aliphatic heterocycles. The van der Waals surface area contributed by atoms with Crippen molar-refractivity contribution in [1.29, 1.82) is 0 Å². The van der Waals surface area contributed by atoms with Gasteiger partial charge in [0.25, 0.3) is 11.8 Å². The second-order valence-electron chi connectivity index (χ2n) is 15.1. The summed E-state index contributed by atoms with van der Waals surface area (Å²) < 4.78 is 479. The minimum Gasteiger partial charge on any atom is -0.269 e. The Balaban J connectivity index is 2.02. The molecule has 0 saturated heterocycles. The molecule has 3 aromatic rings. The normalized spacial score (nSPS) is 16.4. The lowest BCUT2D eigenvalue weighted by atomic mass is 9.84. The van der Waals surface area contributed by atoms with Gasteiger partial charge in [-0.25, -0.2) is 4.68 Å². The summed E-state index contributed by atoms with van der Waals surface area (Å²) >= 11 is 0. The summed E-state index contributed by atoms with van der Waals surface area (Å²) in [4.78, 5) is 25.7. The van der Waals surface area contributed by atoms with E-state index in [1.807, 2.05) is 0 Å². The number of benzene rings is 2. The first-order valence-electron chi connectivity index (χ1n) is 17.9. The summed E-state index contributed by atoms with van der Waals surface area (Å²) in [5.74, 6) is -130. The van der Waals surface area contributed by atoms with E-state index in [2.05, 4.69) is 10.3 Å². The van der Waals surface area contributed by atoms with Crippen LogP contribution in [0.5, 0.6) is 0 Å². The predicted molar refractivity (Wildman–Crippen MR) is 165 cm³/mol. The van der Waals surface area contributed by atoms with Crippen molar-refractivity contribution in [3.8, 4) is 0 Å². The zero-order valence-electron chi connectivity index (χ0n) is 33.5. The van der Waals surface area contributed by atoms with Crippen molar-refractivity contribution in [3.63, 3.8) is 0 Å². The topological polar surface area (TPSA) is 68.1 Å². The van der Waals surface area contributed by atoms with Gasteiger partial charge in [0.05, 0.1) is 36.1 Å². The standard InChI is InChI=1S/C34H12F34N4O2/c35-19(36,21(39,40)23(43,44)25(47,48)27(51,52)29(55,56)31(59,60)33(63,64)65)12-5-11(9-72-14(8-69-70-72)10-71-17(73)15-3-1-2-4-16(15)18(71)74)6-13(7-12)20(37,38)22(41,42)24(45,46)26(49,50)28(53,54)30(57,58)32(61,62)34(66,67)68/h1-8H,9-10H2. The van der Waals surface area contributed by atoms with Crippen LogP contribution in [0.3, 0.4) is 0 Å². The highest BCUT2D eigenvalue weighted by atomic mass is 19.4. The fourth-order valence-electron chi connectivity index (χ4n) is 6.09. The van der Waals surface area contributed by atoms with Gasteiger partial charge in [0, 0.05) is 11.1 Å². The summed E-state index contributed by atoms with van der Waals surface area (Å²) in [6.07, 6.45) is -16.3. The van der Waals surface area contributed by atoms with Gasteiger partial charge < -0.3 is 0 Å². The van der Waals surface area contributed by atoms with E-state index in [1.165, 1.54) is 0 Å². The lowest BCUT2D eigenvalue weighted by Gasteiger charge is -2.43. The van der Waals surface area contributed by atoms with E-state index < -0.39 is 172 Å². The van der Waals surface area contributed by atoms with Gasteiger partial charge in [-0.2, -0.15) is 149 Å². The molecule has 0 fully saturated rings. The number of hydrogen-bond donors (Lipinski definition) is 0. The number of carbonyl (C=O) groups is 2. The Morgan fingerprint density at radius 3 is 0.946 bits per heavy atom. The lowest BCUT2D eigenvalue weighted by molar-refractivity contribution is -0.463. The molecule has 0 unspecified atom stereocenters. The molecule has 1 aromatic heterocycles. The maximum atomic E-state index is 15.6. The number of hydrogen-bond acceptors (Lipinski definition) is 4. The third-order valence-electron chi connectivity index (χ3n) is 10.4. The second kappa shape index (κ2) is 16.9. The minimum absolute atomic E-state index is 0.142. The van der Waals surface area contributed by atoms with Gasteiger partial charge in [0.15, 0.2) is 0 Å². The fourth-order valence-corrected chi connectivity index (χ4v) is 6.09. The number of alkyl halides is 34. The van der Waals surface area contributed by atoms with Crippen LogP contribution in [0.4, 0.5) is 149 Å². The minimum atomic E-state index is -9.48. The fraction of sp³-hybridized carbons (Fsp3) is 0.529. The zero-order valence-corrected chi connectivity index (χ0v) is 33.5. The molecular formula is C34H12F34N4O2. The molecule has 40 heteroatoms. The van der Waals surface area contributed by atoms with Crippen LogP contribution in [-0.2, 0) is 24.9 Å². The zero-order chi connectivity index (χ0) is 58.3. The van der Waals surface area contributed by atoms with Gasteiger partial charge in [0.1, 0.15) is 0 Å². The highest BCUT2D eigenvalue weighted by Crippen LogP contribution is 2.68. The van der Waals surface area contributed by atoms with Crippen molar-refractivity contribution in [2.75, 3.05) is 0 Å². The summed E-state index contributed by atoms with van der Waals surface area (Å²) in [6.45, 7) is -3.54. The molecule has 0 aliphatic carbocycles. The Bertz CT molecular complexity index is 2490. The Labute approximate surface area is 381 Å². The number of rotatable bonds is 18. The summed E-state index contributed by atoms with van der Waals surface area (Å²) in [5.41, 5.74) is -12.4. The largest absolute Gasteiger partial charge is 0.460 e. The van der Waals surface area contributed by atoms with Gasteiger partial charge in [-0.1, -0.05) is 17.3 Å². The quantitative estimate of drug-likeness (QED) is 0.0940. The number of amides is 2. The highest BCUT2D eigenvalue weighted by molar-refractivity contribution is 6.21. The molecule has 0 N–H and O–H groups in total. The Morgan fingerprint density at radius 2 is 0.649 bits per heavy atom. The molecular weight excluding hydrogens is 1140 g/mol. The van der Waals surface area contributed by atoms with Crippen molar-refractivity contribution in [3.05, 3.63) is 82.2 Å². The first-order valence-corrected chi connectivity index (χ1v) is 17.9. The Morgan fingerprint density at radius 1 is 0.365 bits per heavy atom. The number of nitrogens with zero attached hydrogens (tertiary/aromatic N) is 4. The number of aromatic nitrogens is 3. The van der Waals surface area contributed by atoms with Crippen LogP contribution in [-0.4, -0.2) is 115 Å². The number of imide groups is 1. The van der Waals surface area contributed by atoms with Gasteiger partial charge in [-0.3, -0.25) is 14.5 Å². The molecule has 0 bridgehead atoms. The molecule has 0 saturated carbocycles. The molecule has 418 valence electrons. The average Bonchev–Trinajstić information content (AvgIpc) is 3.78. The van der Waals surface area contributed by atoms with Crippen LogP contribution < -0.4 is 0 Å². The molecule has 1 aliphatic rings. The molecule has 74 heavy (non-hydrogen) atoms. The van der Waals surface area contributed by atoms with Gasteiger partial charge in [0.2, 0.25) is 0 Å². The highest BCUT2D eigenvalue weighted by Gasteiger charge is 2.97. The van der Waals surface area contributed by atoms with E-state index in [-0.39, 0.29) is 9.58 Å². The van der Waals surface area contributed by atoms with E-state index >= 15 is 35.1 Å². The van der Waals surface area contributed by atoms with Crippen molar-refractivity contribution in [2.45, 2.75) is 108 Å². The second-order valence-corrected chi connectivity index (χ2v) is 15.1. The van der Waals surface area contributed by atoms with Crippen LogP contribution >= 0.6 is 0 Å². The molecule has 0 radical (unpaired) electrons. The number of carbonyl (C=O) groups excluding carboxylic acids is 2. The van der Waals surface area contributed by atoms with Crippen molar-refractivity contribution >= 4 is 11.8 Å².